The highest BCUT2D eigenvalue weighted by Gasteiger charge is 2.35. The van der Waals surface area contributed by atoms with Crippen molar-refractivity contribution in [3.63, 3.8) is 0 Å². The lowest BCUT2D eigenvalue weighted by Gasteiger charge is -2.15. The Morgan fingerprint density at radius 1 is 1.09 bits per heavy atom. The van der Waals surface area contributed by atoms with Crippen molar-refractivity contribution in [1.29, 1.82) is 0 Å². The fourth-order valence-corrected chi connectivity index (χ4v) is 5.28. The zero-order valence-corrected chi connectivity index (χ0v) is 19.4. The van der Waals surface area contributed by atoms with Crippen LogP contribution in [-0.4, -0.2) is 53.4 Å². The van der Waals surface area contributed by atoms with Crippen molar-refractivity contribution < 1.29 is 29.0 Å². The first-order valence-corrected chi connectivity index (χ1v) is 12.0. The number of fused-ring (bicyclic) bond motifs is 3. The largest absolute Gasteiger partial charge is 0.479 e. The number of hydrogen-bond donors (Lipinski definition) is 3. The van der Waals surface area contributed by atoms with Gasteiger partial charge in [0.1, 0.15) is 16.5 Å². The molecule has 9 nitrogen and oxygen atoms in total. The highest BCUT2D eigenvalue weighted by molar-refractivity contribution is 7.13. The van der Waals surface area contributed by atoms with Gasteiger partial charge in [-0.05, 0) is 28.7 Å². The summed E-state index contributed by atoms with van der Waals surface area (Å²) in [4.78, 5) is 40.5. The summed E-state index contributed by atoms with van der Waals surface area (Å²) in [6.45, 7) is 0.596. The van der Waals surface area contributed by atoms with Gasteiger partial charge in [-0.2, -0.15) is 0 Å². The molecular formula is C25H23N3O6S. The Labute approximate surface area is 205 Å². The number of alkyl carbamates (subject to hydrolysis) is 1. The van der Waals surface area contributed by atoms with E-state index in [1.807, 2.05) is 24.3 Å². The first kappa shape index (κ1) is 23.0. The van der Waals surface area contributed by atoms with Crippen LogP contribution < -0.4 is 10.6 Å². The molecule has 1 aliphatic heterocycles. The molecule has 1 aliphatic carbocycles. The van der Waals surface area contributed by atoms with Gasteiger partial charge in [0.25, 0.3) is 5.91 Å². The summed E-state index contributed by atoms with van der Waals surface area (Å²) < 4.78 is 10.7. The van der Waals surface area contributed by atoms with Crippen LogP contribution in [-0.2, 0) is 20.8 Å². The highest BCUT2D eigenvalue weighted by Crippen LogP contribution is 2.44. The van der Waals surface area contributed by atoms with Crippen molar-refractivity contribution in [2.24, 2.45) is 0 Å². The number of carboxylic acids is 1. The van der Waals surface area contributed by atoms with Gasteiger partial charge < -0.3 is 25.2 Å². The Morgan fingerprint density at radius 2 is 1.77 bits per heavy atom. The third-order valence-corrected chi connectivity index (χ3v) is 7.15. The minimum Gasteiger partial charge on any atom is -0.479 e. The van der Waals surface area contributed by atoms with E-state index in [0.29, 0.717) is 16.3 Å². The monoisotopic (exact) mass is 493 g/mol. The number of hydrogen-bond acceptors (Lipinski definition) is 7. The molecule has 1 fully saturated rings. The third-order valence-electron chi connectivity index (χ3n) is 6.16. The number of ether oxygens (including phenoxy) is 2. The molecule has 0 radical (unpaired) electrons. The number of carbonyl (C=O) groups excluding carboxylic acids is 2. The average molecular weight is 494 g/mol. The van der Waals surface area contributed by atoms with Crippen LogP contribution in [0, 0.1) is 0 Å². The molecule has 3 aromatic rings. The Morgan fingerprint density at radius 3 is 2.46 bits per heavy atom. The van der Waals surface area contributed by atoms with Gasteiger partial charge in [0.05, 0.1) is 18.8 Å². The molecule has 2 amide bonds. The molecule has 35 heavy (non-hydrogen) atoms. The number of thiazole rings is 1. The first-order chi connectivity index (χ1) is 17.0. The molecule has 2 atom stereocenters. The number of aliphatic carboxylic acids is 1. The van der Waals surface area contributed by atoms with Crippen molar-refractivity contribution in [1.82, 2.24) is 15.6 Å². The summed E-state index contributed by atoms with van der Waals surface area (Å²) in [7, 11) is 0. The number of benzene rings is 2. The van der Waals surface area contributed by atoms with Crippen molar-refractivity contribution in [3.05, 3.63) is 75.7 Å². The molecule has 2 aromatic carbocycles. The normalized spacial score (nSPS) is 18.5. The zero-order valence-electron chi connectivity index (χ0n) is 18.6. The predicted molar refractivity (Wildman–Crippen MR) is 127 cm³/mol. The maximum Gasteiger partial charge on any atom is 0.407 e. The van der Waals surface area contributed by atoms with E-state index in [2.05, 4.69) is 39.9 Å². The molecule has 0 saturated carbocycles. The van der Waals surface area contributed by atoms with E-state index >= 15 is 0 Å². The van der Waals surface area contributed by atoms with E-state index in [9.17, 15) is 14.4 Å². The number of rotatable bonds is 7. The van der Waals surface area contributed by atoms with Crippen LogP contribution in [0.3, 0.4) is 0 Å². The van der Waals surface area contributed by atoms with Gasteiger partial charge in [-0.3, -0.25) is 4.79 Å². The second-order valence-electron chi connectivity index (χ2n) is 8.30. The average Bonchev–Trinajstić information content (AvgIpc) is 3.59. The second-order valence-corrected chi connectivity index (χ2v) is 9.41. The Balaban J connectivity index is 1.14. The molecular weight excluding hydrogens is 470 g/mol. The summed E-state index contributed by atoms with van der Waals surface area (Å²) >= 11 is 1.12. The Hall–Kier alpha value is -3.76. The summed E-state index contributed by atoms with van der Waals surface area (Å²) in [5, 5.41) is 15.1. The molecule has 10 heteroatoms. The van der Waals surface area contributed by atoms with E-state index in [1.54, 1.807) is 0 Å². The zero-order chi connectivity index (χ0) is 24.4. The van der Waals surface area contributed by atoms with Crippen LogP contribution in [0.25, 0.3) is 11.1 Å². The standard InChI is InChI=1S/C25H23N3O6S/c29-23(28-19-9-10-33-22(19)24(30)31)20-11-26-21(35-20)12-27-25(32)34-13-18-16-7-3-1-5-14(16)15-6-2-4-8-17(15)18/h1-8,11,18-19,22H,9-10,12-13H2,(H,27,32)(H,28,29)(H,30,31)/t19-,22+/m0/s1. The molecule has 0 spiro atoms. The number of aromatic nitrogens is 1. The fraction of sp³-hybridized carbons (Fsp3) is 0.280. The van der Waals surface area contributed by atoms with Gasteiger partial charge in [0.2, 0.25) is 0 Å². The molecule has 1 aromatic heterocycles. The topological polar surface area (TPSA) is 127 Å². The van der Waals surface area contributed by atoms with Crippen LogP contribution in [0.4, 0.5) is 4.79 Å². The molecule has 2 aliphatic rings. The van der Waals surface area contributed by atoms with Crippen LogP contribution in [0.15, 0.2) is 54.7 Å². The lowest BCUT2D eigenvalue weighted by atomic mass is 9.98. The molecule has 3 N–H and O–H groups in total. The van der Waals surface area contributed by atoms with Gasteiger partial charge in [-0.25, -0.2) is 14.6 Å². The molecule has 2 heterocycles. The Kier molecular flexibility index (Phi) is 6.47. The van der Waals surface area contributed by atoms with Crippen LogP contribution >= 0.6 is 11.3 Å². The molecule has 0 bridgehead atoms. The minimum absolute atomic E-state index is 0.0301. The van der Waals surface area contributed by atoms with E-state index in [4.69, 9.17) is 14.6 Å². The van der Waals surface area contributed by atoms with Gasteiger partial charge in [-0.15, -0.1) is 11.3 Å². The van der Waals surface area contributed by atoms with Crippen molar-refractivity contribution in [3.8, 4) is 11.1 Å². The highest BCUT2D eigenvalue weighted by atomic mass is 32.1. The summed E-state index contributed by atoms with van der Waals surface area (Å²) in [6.07, 6.45) is 0.208. The summed E-state index contributed by atoms with van der Waals surface area (Å²) in [5.41, 5.74) is 4.58. The molecule has 180 valence electrons. The Bertz CT molecular complexity index is 1230. The smallest absolute Gasteiger partial charge is 0.407 e. The number of carbonyl (C=O) groups is 3. The predicted octanol–water partition coefficient (Wildman–Crippen LogP) is 3.15. The van der Waals surface area contributed by atoms with Crippen LogP contribution in [0.1, 0.15) is 38.1 Å². The molecule has 5 rings (SSSR count). The van der Waals surface area contributed by atoms with E-state index in [0.717, 1.165) is 33.6 Å². The SMILES string of the molecule is O=C(NCc1ncc(C(=O)N[C@H]2CCO[C@H]2C(=O)O)s1)OCC1c2ccccc2-c2ccccc21. The van der Waals surface area contributed by atoms with Crippen LogP contribution in [0.2, 0.25) is 0 Å². The second kappa shape index (κ2) is 9.85. The summed E-state index contributed by atoms with van der Waals surface area (Å²) in [5.74, 6) is -1.56. The van der Waals surface area contributed by atoms with E-state index < -0.39 is 30.1 Å². The van der Waals surface area contributed by atoms with Crippen molar-refractivity contribution in [2.75, 3.05) is 13.2 Å². The van der Waals surface area contributed by atoms with Crippen LogP contribution in [0.5, 0.6) is 0 Å². The van der Waals surface area contributed by atoms with Crippen molar-refractivity contribution >= 4 is 29.3 Å². The van der Waals surface area contributed by atoms with E-state index in [-0.39, 0.29) is 25.7 Å². The van der Waals surface area contributed by atoms with Crippen molar-refractivity contribution in [2.45, 2.75) is 31.0 Å². The number of nitrogens with zero attached hydrogens (tertiary/aromatic N) is 1. The number of nitrogens with one attached hydrogen (secondary N) is 2. The minimum atomic E-state index is -1.11. The van der Waals surface area contributed by atoms with Gasteiger partial charge >= 0.3 is 12.1 Å². The number of amides is 2. The quantitative estimate of drug-likeness (QED) is 0.461. The molecule has 0 unspecified atom stereocenters. The maximum atomic E-state index is 12.5. The lowest BCUT2D eigenvalue weighted by Crippen LogP contribution is -2.43. The molecule has 1 saturated heterocycles. The maximum absolute atomic E-state index is 12.5. The number of carboxylic acid groups (broad SMARTS) is 1. The third kappa shape index (κ3) is 4.75. The lowest BCUT2D eigenvalue weighted by molar-refractivity contribution is -0.148. The van der Waals surface area contributed by atoms with E-state index in [1.165, 1.54) is 6.20 Å². The summed E-state index contributed by atoms with van der Waals surface area (Å²) in [6, 6.07) is 15.6. The first-order valence-electron chi connectivity index (χ1n) is 11.2. The van der Waals surface area contributed by atoms with Gasteiger partial charge in [0.15, 0.2) is 6.10 Å². The van der Waals surface area contributed by atoms with Gasteiger partial charge in [0, 0.05) is 12.5 Å². The van der Waals surface area contributed by atoms with Gasteiger partial charge in [-0.1, -0.05) is 48.5 Å². The fourth-order valence-electron chi connectivity index (χ4n) is 4.51.